The molecule has 5 aromatic rings. The van der Waals surface area contributed by atoms with Gasteiger partial charge in [-0.05, 0) is 77.2 Å². The number of methoxy groups -OCH3 is 1. The van der Waals surface area contributed by atoms with Crippen LogP contribution in [0.25, 0.3) is 0 Å². The van der Waals surface area contributed by atoms with Crippen molar-refractivity contribution in [2.45, 2.75) is 65.3 Å². The normalized spacial score (nSPS) is 16.7. The molecule has 12 heteroatoms. The highest BCUT2D eigenvalue weighted by atomic mass is 16.5. The second-order valence-corrected chi connectivity index (χ2v) is 16.9. The Balaban J connectivity index is 0.948. The first-order valence-electron chi connectivity index (χ1n) is 21.5. The van der Waals surface area contributed by atoms with Crippen LogP contribution in [0.4, 0.5) is 28.4 Å². The number of fused-ring (bicyclic) bond motifs is 8. The summed E-state index contributed by atoms with van der Waals surface area (Å²) in [5, 5.41) is 0. The third kappa shape index (κ3) is 8.30. The van der Waals surface area contributed by atoms with Crippen molar-refractivity contribution in [3.63, 3.8) is 0 Å². The van der Waals surface area contributed by atoms with E-state index in [9.17, 15) is 14.4 Å². The van der Waals surface area contributed by atoms with Gasteiger partial charge in [-0.3, -0.25) is 34.2 Å². The molecule has 0 N–H and O–H groups in total. The number of hydrogen-bond donors (Lipinski definition) is 0. The van der Waals surface area contributed by atoms with E-state index < -0.39 is 0 Å². The molecule has 4 aliphatic heterocycles. The van der Waals surface area contributed by atoms with Gasteiger partial charge in [0.25, 0.3) is 11.8 Å². The first kappa shape index (κ1) is 41.6. The number of amides is 2. The summed E-state index contributed by atoms with van der Waals surface area (Å²) < 4.78 is 24.6. The highest BCUT2D eigenvalue weighted by molar-refractivity contribution is 6.15. The molecular weight excluding hydrogens is 795 g/mol. The zero-order chi connectivity index (χ0) is 43.8. The summed E-state index contributed by atoms with van der Waals surface area (Å²) in [6.45, 7) is 7.59. The summed E-state index contributed by atoms with van der Waals surface area (Å²) in [7, 11) is 3.56. The first-order valence-corrected chi connectivity index (χ1v) is 21.5. The van der Waals surface area contributed by atoms with Crippen molar-refractivity contribution >= 4 is 58.5 Å². The van der Waals surface area contributed by atoms with Crippen LogP contribution in [-0.4, -0.2) is 76.0 Å². The van der Waals surface area contributed by atoms with Crippen LogP contribution in [0, 0.1) is 12.8 Å². The van der Waals surface area contributed by atoms with E-state index in [2.05, 4.69) is 29.2 Å². The summed E-state index contributed by atoms with van der Waals surface area (Å²) in [4.78, 5) is 55.4. The topological polar surface area (TPSA) is 123 Å². The van der Waals surface area contributed by atoms with Crippen LogP contribution < -0.4 is 28.9 Å². The minimum absolute atomic E-state index is 0.0144. The Morgan fingerprint density at radius 2 is 1.29 bits per heavy atom. The lowest BCUT2D eigenvalue weighted by atomic mass is 10.1. The monoisotopic (exact) mass is 845 g/mol. The van der Waals surface area contributed by atoms with Crippen LogP contribution in [0.15, 0.2) is 101 Å². The van der Waals surface area contributed by atoms with Gasteiger partial charge in [0.1, 0.15) is 24.7 Å². The number of rotatable bonds is 15. The Kier molecular flexibility index (Phi) is 11.6. The zero-order valence-corrected chi connectivity index (χ0v) is 36.3. The minimum Gasteiger partial charge on any atom is -0.493 e. The van der Waals surface area contributed by atoms with Crippen molar-refractivity contribution in [1.29, 1.82) is 0 Å². The molecule has 0 bridgehead atoms. The predicted octanol–water partition coefficient (Wildman–Crippen LogP) is 8.80. The molecule has 2 amide bonds. The number of carbonyl (C=O) groups excluding carboxylic acids is 3. The molecule has 322 valence electrons. The van der Waals surface area contributed by atoms with Crippen LogP contribution in [0.2, 0.25) is 0 Å². The van der Waals surface area contributed by atoms with E-state index >= 15 is 0 Å². The number of para-hydroxylation sites is 2. The number of hydrogen-bond acceptors (Lipinski definition) is 10. The molecule has 0 saturated heterocycles. The van der Waals surface area contributed by atoms with E-state index in [0.29, 0.717) is 72.4 Å². The molecule has 0 unspecified atom stereocenters. The SMILES string of the molecule is COc1cc2c(cc1OCc1cc(COc3cc4c(cc3C)C(=O)N3c5ccccc5C[C@H]3C=N4)cc(N(C)CCOCCC(=O)C(C)C)c1)N=C[C@@H]1Cc3ccccc3N1C2=O. The van der Waals surface area contributed by atoms with E-state index in [-0.39, 0.29) is 48.8 Å². The van der Waals surface area contributed by atoms with E-state index in [1.54, 1.807) is 19.2 Å². The number of ether oxygens (including phenoxy) is 4. The van der Waals surface area contributed by atoms with Crippen molar-refractivity contribution in [3.05, 3.63) is 130 Å². The second kappa shape index (κ2) is 17.5. The second-order valence-electron chi connectivity index (χ2n) is 16.9. The van der Waals surface area contributed by atoms with Crippen molar-refractivity contribution < 1.29 is 33.3 Å². The van der Waals surface area contributed by atoms with E-state index in [1.807, 2.05) is 105 Å². The lowest BCUT2D eigenvalue weighted by molar-refractivity contribution is -0.122. The number of carbonyl (C=O) groups is 3. The molecule has 4 heterocycles. The van der Waals surface area contributed by atoms with Crippen LogP contribution in [0.3, 0.4) is 0 Å². The van der Waals surface area contributed by atoms with Gasteiger partial charge in [0.05, 0.1) is 54.9 Å². The van der Waals surface area contributed by atoms with Crippen LogP contribution in [-0.2, 0) is 35.6 Å². The third-order valence-electron chi connectivity index (χ3n) is 12.2. The molecule has 0 aliphatic carbocycles. The molecule has 9 rings (SSSR count). The summed E-state index contributed by atoms with van der Waals surface area (Å²) in [5.74, 6) is 1.49. The molecule has 0 radical (unpaired) electrons. The number of benzene rings is 5. The maximum absolute atomic E-state index is 14.0. The van der Waals surface area contributed by atoms with Crippen molar-refractivity contribution in [2.75, 3.05) is 48.6 Å². The lowest BCUT2D eigenvalue weighted by Gasteiger charge is -2.23. The average molecular weight is 846 g/mol. The van der Waals surface area contributed by atoms with Gasteiger partial charge in [0.15, 0.2) is 11.5 Å². The maximum atomic E-state index is 14.0. The molecule has 0 saturated carbocycles. The fourth-order valence-corrected chi connectivity index (χ4v) is 8.74. The lowest BCUT2D eigenvalue weighted by Crippen LogP contribution is -2.37. The third-order valence-corrected chi connectivity index (χ3v) is 12.2. The van der Waals surface area contributed by atoms with Crippen LogP contribution >= 0.6 is 0 Å². The van der Waals surface area contributed by atoms with Gasteiger partial charge in [0.2, 0.25) is 0 Å². The quantitative estimate of drug-likeness (QED) is 0.0959. The van der Waals surface area contributed by atoms with Gasteiger partial charge in [-0.15, -0.1) is 0 Å². The Labute approximate surface area is 367 Å². The molecule has 0 fully saturated rings. The largest absolute Gasteiger partial charge is 0.493 e. The van der Waals surface area contributed by atoms with Crippen LogP contribution in [0.5, 0.6) is 17.2 Å². The first-order chi connectivity index (χ1) is 30.6. The molecule has 5 aromatic carbocycles. The van der Waals surface area contributed by atoms with Crippen molar-refractivity contribution in [3.8, 4) is 17.2 Å². The van der Waals surface area contributed by atoms with E-state index in [1.165, 1.54) is 0 Å². The highest BCUT2D eigenvalue weighted by Gasteiger charge is 2.38. The summed E-state index contributed by atoms with van der Waals surface area (Å²) in [5.41, 5.74) is 9.71. The Morgan fingerprint density at radius 3 is 1.87 bits per heavy atom. The zero-order valence-electron chi connectivity index (χ0n) is 36.3. The number of likely N-dealkylation sites (N-methyl/N-ethyl adjacent to an activating group) is 1. The van der Waals surface area contributed by atoms with E-state index in [0.717, 1.165) is 51.3 Å². The van der Waals surface area contributed by atoms with Gasteiger partial charge < -0.3 is 23.8 Å². The molecule has 4 aliphatic rings. The van der Waals surface area contributed by atoms with Gasteiger partial charge in [-0.1, -0.05) is 50.2 Å². The van der Waals surface area contributed by atoms with Crippen molar-refractivity contribution in [1.82, 2.24) is 0 Å². The molecule has 63 heavy (non-hydrogen) atoms. The number of ketones is 1. The number of Topliss-reactive ketones (excluding diaryl/α,β-unsaturated/α-hetero) is 1. The average Bonchev–Trinajstić information content (AvgIpc) is 3.78. The van der Waals surface area contributed by atoms with E-state index in [4.69, 9.17) is 28.9 Å². The summed E-state index contributed by atoms with van der Waals surface area (Å²) >= 11 is 0. The Hall–Kier alpha value is -6.79. The fraction of sp³-hybridized carbons (Fsp3) is 0.314. The van der Waals surface area contributed by atoms with Gasteiger partial charge in [-0.25, -0.2) is 0 Å². The summed E-state index contributed by atoms with van der Waals surface area (Å²) in [6.07, 6.45) is 5.53. The molecule has 2 atom stereocenters. The molecule has 0 spiro atoms. The maximum Gasteiger partial charge on any atom is 0.261 e. The minimum atomic E-state index is -0.174. The Bertz CT molecular complexity index is 2670. The van der Waals surface area contributed by atoms with Gasteiger partial charge in [-0.2, -0.15) is 0 Å². The van der Waals surface area contributed by atoms with Crippen LogP contribution in [0.1, 0.15) is 68.8 Å². The molecular formula is C51H51N5O7. The van der Waals surface area contributed by atoms with Gasteiger partial charge in [0, 0.05) is 80.4 Å². The fourth-order valence-electron chi connectivity index (χ4n) is 8.74. The number of anilines is 3. The molecule has 0 aromatic heterocycles. The highest BCUT2D eigenvalue weighted by Crippen LogP contribution is 2.42. The van der Waals surface area contributed by atoms with Crippen molar-refractivity contribution in [2.24, 2.45) is 15.9 Å². The standard InChI is InChI=1S/C51H51N5O7/c1-31(2)46(57)14-16-61-17-15-54(4)37-20-33(29-62-47-25-42-40(18-32(47)3)50(58)55-38(27-52-42)22-35-10-6-8-12-44(35)55)19-34(21-37)30-63-49-26-43-41(24-48(49)60-5)51(59)56-39(28-53-43)23-36-11-7-9-13-45(36)56/h6-13,18-21,24-28,31,38-39H,14-17,22-23,29-30H2,1-5H3/t38-,39-/m0/s1. The predicted molar refractivity (Wildman–Crippen MR) is 246 cm³/mol. The molecule has 12 nitrogen and oxygen atoms in total. The number of aliphatic imine (C=N–C) groups is 2. The summed E-state index contributed by atoms with van der Waals surface area (Å²) in [6, 6.07) is 29.1. The smallest absolute Gasteiger partial charge is 0.261 e. The number of aryl methyl sites for hydroxylation is 1. The number of nitrogens with zero attached hydrogens (tertiary/aromatic N) is 5. The Morgan fingerprint density at radius 1 is 0.730 bits per heavy atom. The van der Waals surface area contributed by atoms with Gasteiger partial charge >= 0.3 is 0 Å².